The SMILES string of the molecule is CN(C)S(=O)(=O)c1ccc2c(c1)CCN2S(=O)(=O)c1ccc(/C=C/C(=O)O)cc1. The Balaban J connectivity index is 1.92. The van der Waals surface area contributed by atoms with Gasteiger partial charge in [-0.15, -0.1) is 0 Å². The van der Waals surface area contributed by atoms with Gasteiger partial charge in [0, 0.05) is 26.7 Å². The van der Waals surface area contributed by atoms with Crippen LogP contribution in [0, 0.1) is 0 Å². The van der Waals surface area contributed by atoms with Crippen LogP contribution in [0.2, 0.25) is 0 Å². The highest BCUT2D eigenvalue weighted by Gasteiger charge is 2.32. The molecule has 0 radical (unpaired) electrons. The summed E-state index contributed by atoms with van der Waals surface area (Å²) in [6.07, 6.45) is 2.75. The first-order valence-corrected chi connectivity index (χ1v) is 11.5. The summed E-state index contributed by atoms with van der Waals surface area (Å²) in [6.45, 7) is 0.212. The molecule has 10 heteroatoms. The van der Waals surface area contributed by atoms with Gasteiger partial charge >= 0.3 is 5.97 Å². The van der Waals surface area contributed by atoms with E-state index in [0.717, 1.165) is 10.4 Å². The highest BCUT2D eigenvalue weighted by molar-refractivity contribution is 7.92. The van der Waals surface area contributed by atoms with Crippen LogP contribution in [0.15, 0.2) is 58.3 Å². The predicted octanol–water partition coefficient (Wildman–Crippen LogP) is 1.79. The zero-order valence-corrected chi connectivity index (χ0v) is 17.4. The summed E-state index contributed by atoms with van der Waals surface area (Å²) in [4.78, 5) is 10.8. The Morgan fingerprint density at radius 2 is 1.66 bits per heavy atom. The average Bonchev–Trinajstić information content (AvgIpc) is 3.10. The van der Waals surface area contributed by atoms with E-state index in [2.05, 4.69) is 0 Å². The molecule has 0 unspecified atom stereocenters. The Bertz CT molecular complexity index is 1180. The molecule has 1 N–H and O–H groups in total. The minimum Gasteiger partial charge on any atom is -0.478 e. The molecule has 0 fully saturated rings. The zero-order chi connectivity index (χ0) is 21.4. The molecule has 1 aliphatic heterocycles. The quantitative estimate of drug-likeness (QED) is 0.691. The number of carboxylic acid groups (broad SMARTS) is 1. The lowest BCUT2D eigenvalue weighted by atomic mass is 10.2. The van der Waals surface area contributed by atoms with Gasteiger partial charge in [0.25, 0.3) is 10.0 Å². The molecule has 0 spiro atoms. The van der Waals surface area contributed by atoms with E-state index >= 15 is 0 Å². The van der Waals surface area contributed by atoms with Gasteiger partial charge in [0.1, 0.15) is 0 Å². The standard InChI is InChI=1S/C19H20N2O6S2/c1-20(2)28(24,25)17-8-9-18-15(13-17)11-12-21(18)29(26,27)16-6-3-14(4-7-16)5-10-19(22)23/h3-10,13H,11-12H2,1-2H3,(H,22,23)/b10-5+. The summed E-state index contributed by atoms with van der Waals surface area (Å²) in [5.41, 5.74) is 1.67. The van der Waals surface area contributed by atoms with Gasteiger partial charge in [-0.3, -0.25) is 4.31 Å². The number of benzene rings is 2. The fourth-order valence-electron chi connectivity index (χ4n) is 3.01. The van der Waals surface area contributed by atoms with Crippen molar-refractivity contribution in [1.82, 2.24) is 4.31 Å². The van der Waals surface area contributed by atoms with Crippen LogP contribution in [0.5, 0.6) is 0 Å². The average molecular weight is 437 g/mol. The van der Waals surface area contributed by atoms with Crippen molar-refractivity contribution in [1.29, 1.82) is 0 Å². The van der Waals surface area contributed by atoms with E-state index < -0.39 is 26.0 Å². The van der Waals surface area contributed by atoms with Crippen LogP contribution < -0.4 is 4.31 Å². The summed E-state index contributed by atoms with van der Waals surface area (Å²) in [6, 6.07) is 10.3. The lowest BCUT2D eigenvalue weighted by Gasteiger charge is -2.20. The van der Waals surface area contributed by atoms with Crippen LogP contribution in [0.4, 0.5) is 5.69 Å². The molecular weight excluding hydrogens is 416 g/mol. The van der Waals surface area contributed by atoms with E-state index in [-0.39, 0.29) is 16.3 Å². The molecule has 0 saturated heterocycles. The van der Waals surface area contributed by atoms with Crippen LogP contribution in [0.1, 0.15) is 11.1 Å². The highest BCUT2D eigenvalue weighted by Crippen LogP contribution is 2.34. The van der Waals surface area contributed by atoms with E-state index in [1.54, 1.807) is 0 Å². The first kappa shape index (κ1) is 21.0. The molecule has 1 aliphatic rings. The molecule has 29 heavy (non-hydrogen) atoms. The molecule has 2 aromatic carbocycles. The number of aliphatic carboxylic acids is 1. The van der Waals surface area contributed by atoms with Crippen molar-refractivity contribution < 1.29 is 26.7 Å². The van der Waals surface area contributed by atoms with E-state index in [1.807, 2.05) is 0 Å². The number of carboxylic acids is 1. The van der Waals surface area contributed by atoms with E-state index in [0.29, 0.717) is 23.2 Å². The van der Waals surface area contributed by atoms with Crippen molar-refractivity contribution in [2.75, 3.05) is 24.9 Å². The number of sulfonamides is 2. The molecule has 0 aliphatic carbocycles. The van der Waals surface area contributed by atoms with Crippen LogP contribution >= 0.6 is 0 Å². The van der Waals surface area contributed by atoms with Crippen molar-refractivity contribution >= 4 is 37.8 Å². The van der Waals surface area contributed by atoms with Crippen LogP contribution in [0.25, 0.3) is 6.08 Å². The molecule has 2 aromatic rings. The Labute approximate surface area is 169 Å². The van der Waals surface area contributed by atoms with E-state index in [9.17, 15) is 21.6 Å². The van der Waals surface area contributed by atoms with Crippen molar-refractivity contribution in [3.8, 4) is 0 Å². The second kappa shape index (κ2) is 7.62. The van der Waals surface area contributed by atoms with Gasteiger partial charge in [-0.25, -0.2) is 25.9 Å². The number of carbonyl (C=O) groups is 1. The normalized spacial score (nSPS) is 14.5. The largest absolute Gasteiger partial charge is 0.478 e. The number of anilines is 1. The summed E-state index contributed by atoms with van der Waals surface area (Å²) >= 11 is 0. The Kier molecular flexibility index (Phi) is 5.52. The molecule has 1 heterocycles. The molecule has 3 rings (SSSR count). The molecule has 0 aromatic heterocycles. The summed E-state index contributed by atoms with van der Waals surface area (Å²) in [5, 5.41) is 8.67. The number of nitrogens with zero attached hydrogens (tertiary/aromatic N) is 2. The molecule has 0 bridgehead atoms. The topological polar surface area (TPSA) is 112 Å². The van der Waals surface area contributed by atoms with Gasteiger partial charge in [0.2, 0.25) is 10.0 Å². The maximum absolute atomic E-state index is 13.1. The number of rotatable bonds is 6. The first-order valence-electron chi connectivity index (χ1n) is 8.63. The van der Waals surface area contributed by atoms with Crippen molar-refractivity contribution in [3.63, 3.8) is 0 Å². The molecule has 0 saturated carbocycles. The van der Waals surface area contributed by atoms with Gasteiger partial charge in [0.05, 0.1) is 15.5 Å². The third-order valence-electron chi connectivity index (χ3n) is 4.57. The van der Waals surface area contributed by atoms with Gasteiger partial charge in [-0.05, 0) is 54.0 Å². The number of fused-ring (bicyclic) bond motifs is 1. The Hall–Kier alpha value is -2.69. The van der Waals surface area contributed by atoms with Crippen LogP contribution in [-0.4, -0.2) is 52.9 Å². The summed E-state index contributed by atoms with van der Waals surface area (Å²) in [5.74, 6) is -1.09. The van der Waals surface area contributed by atoms with Gasteiger partial charge < -0.3 is 5.11 Å². The maximum Gasteiger partial charge on any atom is 0.328 e. The van der Waals surface area contributed by atoms with Crippen molar-refractivity contribution in [2.45, 2.75) is 16.2 Å². The fraction of sp³-hybridized carbons (Fsp3) is 0.211. The second-order valence-corrected chi connectivity index (χ2v) is 10.7. The predicted molar refractivity (Wildman–Crippen MR) is 109 cm³/mol. The minimum atomic E-state index is -3.83. The van der Waals surface area contributed by atoms with Gasteiger partial charge in [-0.1, -0.05) is 12.1 Å². The lowest BCUT2D eigenvalue weighted by Crippen LogP contribution is -2.29. The van der Waals surface area contributed by atoms with Crippen molar-refractivity contribution in [3.05, 3.63) is 59.7 Å². The first-order chi connectivity index (χ1) is 13.5. The zero-order valence-electron chi connectivity index (χ0n) is 15.8. The van der Waals surface area contributed by atoms with Gasteiger partial charge in [-0.2, -0.15) is 0 Å². The highest BCUT2D eigenvalue weighted by atomic mass is 32.2. The fourth-order valence-corrected chi connectivity index (χ4v) is 5.47. The molecule has 0 atom stereocenters. The molecule has 154 valence electrons. The summed E-state index contributed by atoms with van der Waals surface area (Å²) < 4.78 is 53.1. The molecule has 8 nitrogen and oxygen atoms in total. The molecular formula is C19H20N2O6S2. The minimum absolute atomic E-state index is 0.0721. The summed E-state index contributed by atoms with van der Waals surface area (Å²) in [7, 11) is -4.56. The smallest absolute Gasteiger partial charge is 0.328 e. The maximum atomic E-state index is 13.1. The third-order valence-corrected chi connectivity index (χ3v) is 8.21. The van der Waals surface area contributed by atoms with Crippen LogP contribution in [0.3, 0.4) is 0 Å². The number of hydrogen-bond donors (Lipinski definition) is 1. The van der Waals surface area contributed by atoms with Gasteiger partial charge in [0.15, 0.2) is 0 Å². The van der Waals surface area contributed by atoms with E-state index in [1.165, 1.54) is 66.9 Å². The number of hydrogen-bond acceptors (Lipinski definition) is 5. The van der Waals surface area contributed by atoms with Crippen LogP contribution in [-0.2, 0) is 31.3 Å². The Morgan fingerprint density at radius 1 is 1.03 bits per heavy atom. The van der Waals surface area contributed by atoms with E-state index in [4.69, 9.17) is 5.11 Å². The monoisotopic (exact) mass is 436 g/mol. The third kappa shape index (κ3) is 4.04. The molecule has 0 amide bonds. The Morgan fingerprint density at radius 3 is 2.24 bits per heavy atom. The lowest BCUT2D eigenvalue weighted by molar-refractivity contribution is -0.131. The second-order valence-electron chi connectivity index (χ2n) is 6.65. The van der Waals surface area contributed by atoms with Crippen molar-refractivity contribution in [2.24, 2.45) is 0 Å².